The normalized spacial score (nSPS) is 77.9. The van der Waals surface area contributed by atoms with Crippen LogP contribution in [0.2, 0.25) is 36.1 Å². The molecule has 3 heteroatoms. The van der Waals surface area contributed by atoms with Crippen LogP contribution in [0.3, 0.4) is 0 Å². The molecule has 10 fully saturated rings. The van der Waals surface area contributed by atoms with Crippen molar-refractivity contribution in [3.05, 3.63) is 0 Å². The van der Waals surface area contributed by atoms with Crippen LogP contribution in [-0.4, -0.2) is 32.1 Å². The van der Waals surface area contributed by atoms with Gasteiger partial charge in [0.25, 0.3) is 0 Å². The van der Waals surface area contributed by atoms with E-state index in [1.54, 1.807) is 86.4 Å². The zero-order chi connectivity index (χ0) is 19.6. The zero-order valence-corrected chi connectivity index (χ0v) is 22.9. The van der Waals surface area contributed by atoms with Crippen molar-refractivity contribution in [2.75, 3.05) is 24.6 Å². The van der Waals surface area contributed by atoms with E-state index in [1.165, 1.54) is 33.2 Å². The maximum atomic E-state index is 2.48. The van der Waals surface area contributed by atoms with E-state index in [9.17, 15) is 0 Å². The van der Waals surface area contributed by atoms with Crippen molar-refractivity contribution in [3.8, 4) is 0 Å². The van der Waals surface area contributed by atoms with Gasteiger partial charge < -0.3 is 0 Å². The maximum absolute atomic E-state index is 3.49. The minimum absolute atomic E-state index is 0.423. The molecular formula is C26H44P2Ru. The SMILES string of the molecule is CCCCP(CCCC)[C]12[CH]3[CH]4[CH]5[C]1(P(CCCC)CCCC)[Ru]43521678[CH]2[CH]1[CH]6[CH]7[CH]28. The Morgan fingerprint density at radius 2 is 0.828 bits per heavy atom. The fourth-order valence-electron chi connectivity index (χ4n) is 20.4. The van der Waals surface area contributed by atoms with E-state index in [4.69, 9.17) is 0 Å². The molecule has 0 saturated carbocycles. The van der Waals surface area contributed by atoms with E-state index in [2.05, 4.69) is 27.7 Å². The van der Waals surface area contributed by atoms with Gasteiger partial charge in [-0.15, -0.1) is 0 Å². The number of hydrogen-bond acceptors (Lipinski definition) is 0. The Hall–Kier alpha value is 1.48. The van der Waals surface area contributed by atoms with Gasteiger partial charge in [0.05, 0.1) is 0 Å². The number of unbranched alkanes of at least 4 members (excludes halogenated alkanes) is 4. The third-order valence-corrected chi connectivity index (χ3v) is 106. The number of hydrogen-bond donors (Lipinski definition) is 0. The van der Waals surface area contributed by atoms with Crippen LogP contribution in [0.1, 0.15) is 79.1 Å². The van der Waals surface area contributed by atoms with Crippen molar-refractivity contribution in [1.82, 2.24) is 0 Å². The Balaban J connectivity index is 1.19. The molecule has 10 rings (SSSR count). The van der Waals surface area contributed by atoms with Gasteiger partial charge in [0.2, 0.25) is 0 Å². The van der Waals surface area contributed by atoms with E-state index >= 15 is 0 Å². The molecule has 0 amide bonds. The molecule has 0 aromatic rings. The van der Waals surface area contributed by atoms with Gasteiger partial charge in [0, 0.05) is 0 Å². The molecule has 10 aliphatic rings. The standard InChI is InChI=1S/C21H39P2.C5H5.Ru/c1-5-9-16-22(17-10-6-2)20-14-13-15-21(20)23(18-11-7-3)19-12-8-4;1-2-4-5-3-1;/h13-15H,5-12,16-19H2,1-4H3;1-5H;. The van der Waals surface area contributed by atoms with E-state index < -0.39 is 7.72 Å². The topological polar surface area (TPSA) is 0 Å². The van der Waals surface area contributed by atoms with E-state index in [0.29, 0.717) is 15.8 Å². The van der Waals surface area contributed by atoms with Crippen molar-refractivity contribution in [2.45, 2.75) is 123 Å². The predicted octanol–water partition coefficient (Wildman–Crippen LogP) is 9.36. The average molecular weight is 520 g/mol. The Labute approximate surface area is 170 Å². The van der Waals surface area contributed by atoms with Gasteiger partial charge in [0.15, 0.2) is 0 Å². The van der Waals surface area contributed by atoms with Crippen molar-refractivity contribution < 1.29 is 7.72 Å². The van der Waals surface area contributed by atoms with Crippen molar-refractivity contribution in [3.63, 3.8) is 0 Å². The third-order valence-electron chi connectivity index (χ3n) is 18.7. The van der Waals surface area contributed by atoms with Crippen LogP contribution >= 0.6 is 15.8 Å². The molecular weight excluding hydrogens is 475 g/mol. The molecule has 0 bridgehead atoms. The van der Waals surface area contributed by atoms with E-state index in [-0.39, 0.29) is 0 Å². The molecule has 0 aromatic carbocycles. The van der Waals surface area contributed by atoms with Crippen LogP contribution in [0, 0.1) is 0 Å². The first kappa shape index (κ1) is 17.0. The van der Waals surface area contributed by atoms with Crippen molar-refractivity contribution >= 4 is 15.8 Å². The summed E-state index contributed by atoms with van der Waals surface area (Å²) in [6, 6.07) is 0. The van der Waals surface area contributed by atoms with Gasteiger partial charge in [-0.1, -0.05) is 0 Å². The van der Waals surface area contributed by atoms with Gasteiger partial charge in [-0.05, 0) is 0 Å². The fourth-order valence-corrected chi connectivity index (χ4v) is 202. The first-order valence-corrected chi connectivity index (χ1v) is 26.9. The molecule has 0 aromatic heterocycles. The zero-order valence-electron chi connectivity index (χ0n) is 19.4. The summed E-state index contributed by atoms with van der Waals surface area (Å²) in [5, 5.41) is 0. The molecule has 29 heavy (non-hydrogen) atoms. The van der Waals surface area contributed by atoms with Gasteiger partial charge in [-0.2, -0.15) is 0 Å². The van der Waals surface area contributed by atoms with Crippen LogP contribution < -0.4 is 0 Å². The molecule has 10 aliphatic heterocycles. The Morgan fingerprint density at radius 1 is 0.517 bits per heavy atom. The second-order valence-electron chi connectivity index (χ2n) is 15.1. The van der Waals surface area contributed by atoms with Crippen molar-refractivity contribution in [1.29, 1.82) is 0 Å². The van der Waals surface area contributed by atoms with Crippen LogP contribution in [0.5, 0.6) is 0 Å². The summed E-state index contributed by atoms with van der Waals surface area (Å²) in [6.07, 6.45) is 19.3. The summed E-state index contributed by atoms with van der Waals surface area (Å²) >= 11 is 0. The Kier molecular flexibility index (Phi) is 1.39. The first-order valence-electron chi connectivity index (χ1n) is 13.7. The molecule has 4 atom stereocenters. The third kappa shape index (κ3) is 0.339. The monoisotopic (exact) mass is 520 g/mol. The summed E-state index contributed by atoms with van der Waals surface area (Å²) in [6.45, 7) is 9.94. The molecule has 10 heterocycles. The van der Waals surface area contributed by atoms with Crippen molar-refractivity contribution in [2.24, 2.45) is 0 Å². The molecule has 0 N–H and O–H groups in total. The summed E-state index contributed by atoms with van der Waals surface area (Å²) in [7, 11) is -2.64. The Morgan fingerprint density at radius 3 is 1.03 bits per heavy atom. The van der Waals surface area contributed by atoms with Crippen LogP contribution in [0.4, 0.5) is 0 Å². The fraction of sp³-hybridized carbons (Fsp3) is 1.00. The van der Waals surface area contributed by atoms with Gasteiger partial charge in [-0.3, -0.25) is 0 Å². The molecule has 0 radical (unpaired) electrons. The first-order chi connectivity index (χ1) is 14.0. The minimum atomic E-state index is -3.49. The van der Waals surface area contributed by atoms with E-state index in [0.717, 1.165) is 0 Å². The average Bonchev–Trinajstić information content (AvgIpc) is 3.67. The van der Waals surface area contributed by atoms with Gasteiger partial charge in [0.1, 0.15) is 0 Å². The number of fused-ring (bicyclic) bond motifs is 10. The summed E-state index contributed by atoms with van der Waals surface area (Å²) in [4.78, 5) is 0. The van der Waals surface area contributed by atoms with Crippen LogP contribution in [0.25, 0.3) is 0 Å². The number of rotatable bonds is 14. The second-order valence-corrected chi connectivity index (χ2v) is 58.3. The second kappa shape index (κ2) is 2.37. The summed E-state index contributed by atoms with van der Waals surface area (Å²) in [5.41, 5.74) is 0. The van der Waals surface area contributed by atoms with Gasteiger partial charge >= 0.3 is 171 Å². The Bertz CT molecular complexity index is 1080. The van der Waals surface area contributed by atoms with Crippen LogP contribution in [0.15, 0.2) is 0 Å². The predicted molar refractivity (Wildman–Crippen MR) is 128 cm³/mol. The summed E-state index contributed by atoms with van der Waals surface area (Å²) in [5.74, 6) is 0. The molecule has 10 saturated heterocycles. The van der Waals surface area contributed by atoms with E-state index in [1.807, 2.05) is 0 Å². The van der Waals surface area contributed by atoms with Crippen LogP contribution in [-0.2, 0) is 7.72 Å². The molecule has 0 nitrogen and oxygen atoms in total. The van der Waals surface area contributed by atoms with Gasteiger partial charge in [-0.25, -0.2) is 0 Å². The molecule has 0 aliphatic carbocycles. The quantitative estimate of drug-likeness (QED) is 0.158. The molecule has 166 valence electrons. The molecule has 1 spiro atoms. The summed E-state index contributed by atoms with van der Waals surface area (Å²) < 4.78 is 15.0. The molecule has 4 unspecified atom stereocenters.